The molecule has 0 N–H and O–H groups in total. The van der Waals surface area contributed by atoms with Crippen LogP contribution in [0.1, 0.15) is 60.3 Å². The Bertz CT molecular complexity index is 151. The van der Waals surface area contributed by atoms with Gasteiger partial charge in [0.15, 0.2) is 0 Å². The Morgan fingerprint density at radius 1 is 1.07 bits per heavy atom. The third-order valence-corrected chi connectivity index (χ3v) is 3.63. The Morgan fingerprint density at radius 2 is 1.50 bits per heavy atom. The second-order valence-corrected chi connectivity index (χ2v) is 4.83. The maximum absolute atomic E-state index is 4.08. The van der Waals surface area contributed by atoms with Crippen LogP contribution in [0.4, 0.5) is 0 Å². The number of rotatable bonds is 7. The Morgan fingerprint density at radius 3 is 1.79 bits per heavy atom. The smallest absolute Gasteiger partial charge is 0.0209 e. The summed E-state index contributed by atoms with van der Waals surface area (Å²) < 4.78 is 0. The Hall–Kier alpha value is -0.260. The van der Waals surface area contributed by atoms with E-state index in [1.807, 2.05) is 0 Å². The second kappa shape index (κ2) is 7.09. The summed E-state index contributed by atoms with van der Waals surface area (Å²) in [5, 5.41) is 0. The summed E-state index contributed by atoms with van der Waals surface area (Å²) in [5.74, 6) is 2.38. The van der Waals surface area contributed by atoms with Gasteiger partial charge in [0.1, 0.15) is 0 Å². The van der Waals surface area contributed by atoms with Gasteiger partial charge in [0.05, 0.1) is 0 Å². The van der Waals surface area contributed by atoms with Crippen LogP contribution in [0.5, 0.6) is 0 Å². The van der Waals surface area contributed by atoms with Crippen LogP contribution in [-0.4, -0.2) is 0 Å². The molecule has 0 radical (unpaired) electrons. The fraction of sp³-hybridized carbons (Fsp3) is 0.857. The van der Waals surface area contributed by atoms with Crippen LogP contribution >= 0.6 is 0 Å². The van der Waals surface area contributed by atoms with E-state index < -0.39 is 0 Å². The number of hydrogen-bond donors (Lipinski definition) is 0. The van der Waals surface area contributed by atoms with Crippen molar-refractivity contribution in [1.29, 1.82) is 0 Å². The SMILES string of the molecule is C=C(C)C(C)C(C)C(CCC)CCC. The summed E-state index contributed by atoms with van der Waals surface area (Å²) in [6.07, 6.45) is 5.40. The minimum absolute atomic E-state index is 0.679. The predicted octanol–water partition coefficient (Wildman–Crippen LogP) is 5.05. The number of hydrogen-bond acceptors (Lipinski definition) is 0. The van der Waals surface area contributed by atoms with Crippen LogP contribution in [0, 0.1) is 17.8 Å². The van der Waals surface area contributed by atoms with E-state index in [-0.39, 0.29) is 0 Å². The quantitative estimate of drug-likeness (QED) is 0.500. The summed E-state index contributed by atoms with van der Waals surface area (Å²) >= 11 is 0. The standard InChI is InChI=1S/C14H28/c1-7-9-14(10-8-2)13(6)12(5)11(3)4/h12-14H,3,7-10H2,1-2,4-6H3. The fourth-order valence-corrected chi connectivity index (χ4v) is 2.27. The second-order valence-electron chi connectivity index (χ2n) is 4.83. The molecule has 0 aliphatic carbocycles. The first-order valence-electron chi connectivity index (χ1n) is 6.19. The molecule has 0 aromatic rings. The van der Waals surface area contributed by atoms with Crippen molar-refractivity contribution in [3.05, 3.63) is 12.2 Å². The molecule has 0 aliphatic heterocycles. The van der Waals surface area contributed by atoms with Crippen molar-refractivity contribution in [1.82, 2.24) is 0 Å². The van der Waals surface area contributed by atoms with Gasteiger partial charge in [-0.05, 0) is 24.7 Å². The van der Waals surface area contributed by atoms with Crippen LogP contribution in [0.15, 0.2) is 12.2 Å². The summed E-state index contributed by atoms with van der Waals surface area (Å²) in [6, 6.07) is 0. The topological polar surface area (TPSA) is 0 Å². The van der Waals surface area contributed by atoms with Gasteiger partial charge in [0.25, 0.3) is 0 Å². The zero-order valence-electron chi connectivity index (χ0n) is 10.8. The van der Waals surface area contributed by atoms with Gasteiger partial charge in [-0.1, -0.05) is 65.5 Å². The molecule has 0 saturated heterocycles. The van der Waals surface area contributed by atoms with E-state index in [4.69, 9.17) is 0 Å². The van der Waals surface area contributed by atoms with Crippen molar-refractivity contribution in [2.45, 2.75) is 60.3 Å². The largest absolute Gasteiger partial charge is 0.0999 e. The minimum Gasteiger partial charge on any atom is -0.0999 e. The van der Waals surface area contributed by atoms with Crippen LogP contribution in [0.2, 0.25) is 0 Å². The lowest BCUT2D eigenvalue weighted by Gasteiger charge is -2.29. The summed E-state index contributed by atoms with van der Waals surface area (Å²) in [7, 11) is 0. The monoisotopic (exact) mass is 196 g/mol. The van der Waals surface area contributed by atoms with Gasteiger partial charge in [-0.2, -0.15) is 0 Å². The van der Waals surface area contributed by atoms with E-state index in [9.17, 15) is 0 Å². The molecule has 2 unspecified atom stereocenters. The van der Waals surface area contributed by atoms with E-state index in [1.54, 1.807) is 0 Å². The molecule has 84 valence electrons. The highest BCUT2D eigenvalue weighted by Crippen LogP contribution is 2.31. The molecule has 0 amide bonds. The molecule has 0 bridgehead atoms. The van der Waals surface area contributed by atoms with Gasteiger partial charge in [-0.25, -0.2) is 0 Å². The first kappa shape index (κ1) is 13.7. The highest BCUT2D eigenvalue weighted by molar-refractivity contribution is 4.97. The van der Waals surface area contributed by atoms with E-state index in [2.05, 4.69) is 41.2 Å². The highest BCUT2D eigenvalue weighted by atomic mass is 14.3. The third kappa shape index (κ3) is 4.30. The van der Waals surface area contributed by atoms with Crippen LogP contribution in [0.3, 0.4) is 0 Å². The van der Waals surface area contributed by atoms with Crippen molar-refractivity contribution in [2.24, 2.45) is 17.8 Å². The molecule has 0 aromatic heterocycles. The average Bonchev–Trinajstić information content (AvgIpc) is 2.15. The zero-order valence-corrected chi connectivity index (χ0v) is 10.8. The van der Waals surface area contributed by atoms with Gasteiger partial charge in [-0.15, -0.1) is 0 Å². The van der Waals surface area contributed by atoms with Crippen LogP contribution in [0.25, 0.3) is 0 Å². The van der Waals surface area contributed by atoms with Gasteiger partial charge < -0.3 is 0 Å². The molecule has 0 nitrogen and oxygen atoms in total. The lowest BCUT2D eigenvalue weighted by molar-refractivity contribution is 0.255. The molecule has 0 aliphatic rings. The van der Waals surface area contributed by atoms with Crippen molar-refractivity contribution in [2.75, 3.05) is 0 Å². The van der Waals surface area contributed by atoms with Gasteiger partial charge in [-0.3, -0.25) is 0 Å². The van der Waals surface area contributed by atoms with Gasteiger partial charge in [0.2, 0.25) is 0 Å². The molecule has 0 fully saturated rings. The molecule has 0 heterocycles. The Balaban J connectivity index is 4.25. The van der Waals surface area contributed by atoms with Gasteiger partial charge >= 0.3 is 0 Å². The molecule has 0 aromatic carbocycles. The minimum atomic E-state index is 0.679. The van der Waals surface area contributed by atoms with Crippen molar-refractivity contribution in [3.63, 3.8) is 0 Å². The third-order valence-electron chi connectivity index (χ3n) is 3.63. The van der Waals surface area contributed by atoms with E-state index in [0.29, 0.717) is 5.92 Å². The van der Waals surface area contributed by atoms with Gasteiger partial charge in [0, 0.05) is 0 Å². The molecular formula is C14H28. The molecule has 0 spiro atoms. The zero-order chi connectivity index (χ0) is 11.1. The van der Waals surface area contributed by atoms with E-state index in [1.165, 1.54) is 31.3 Å². The maximum atomic E-state index is 4.08. The molecule has 2 atom stereocenters. The maximum Gasteiger partial charge on any atom is -0.0209 e. The Kier molecular flexibility index (Phi) is 6.96. The van der Waals surface area contributed by atoms with Crippen molar-refractivity contribution >= 4 is 0 Å². The summed E-state index contributed by atoms with van der Waals surface area (Å²) in [4.78, 5) is 0. The first-order valence-corrected chi connectivity index (χ1v) is 6.19. The molecule has 0 rings (SSSR count). The van der Waals surface area contributed by atoms with E-state index >= 15 is 0 Å². The summed E-state index contributed by atoms with van der Waals surface area (Å²) in [6.45, 7) is 15.5. The summed E-state index contributed by atoms with van der Waals surface area (Å²) in [5.41, 5.74) is 1.34. The number of allylic oxidation sites excluding steroid dienone is 1. The lowest BCUT2D eigenvalue weighted by Crippen LogP contribution is -2.19. The molecule has 14 heavy (non-hydrogen) atoms. The average molecular weight is 196 g/mol. The fourth-order valence-electron chi connectivity index (χ4n) is 2.27. The van der Waals surface area contributed by atoms with Crippen molar-refractivity contribution < 1.29 is 0 Å². The molecular weight excluding hydrogens is 168 g/mol. The normalized spacial score (nSPS) is 15.6. The Labute approximate surface area is 90.8 Å². The molecule has 0 heteroatoms. The van der Waals surface area contributed by atoms with Crippen molar-refractivity contribution in [3.8, 4) is 0 Å². The lowest BCUT2D eigenvalue weighted by atomic mass is 9.77. The van der Waals surface area contributed by atoms with Crippen LogP contribution in [-0.2, 0) is 0 Å². The van der Waals surface area contributed by atoms with E-state index in [0.717, 1.165) is 11.8 Å². The highest BCUT2D eigenvalue weighted by Gasteiger charge is 2.21. The predicted molar refractivity (Wildman–Crippen MR) is 66.4 cm³/mol. The first-order chi connectivity index (χ1) is 6.54. The van der Waals surface area contributed by atoms with Crippen LogP contribution < -0.4 is 0 Å². The molecule has 0 saturated carbocycles.